The van der Waals surface area contributed by atoms with Gasteiger partial charge in [-0.15, -0.1) is 0 Å². The van der Waals surface area contributed by atoms with Crippen LogP contribution in [-0.4, -0.2) is 56.0 Å². The van der Waals surface area contributed by atoms with Gasteiger partial charge in [-0.1, -0.05) is 35.3 Å². The van der Waals surface area contributed by atoms with E-state index in [-0.39, 0.29) is 40.1 Å². The molecule has 1 amide bonds. The lowest BCUT2D eigenvalue weighted by molar-refractivity contribution is -0.0228. The smallest absolute Gasteiger partial charge is 0.278 e. The molecule has 0 spiro atoms. The van der Waals surface area contributed by atoms with Crippen molar-refractivity contribution in [1.82, 2.24) is 10.3 Å². The van der Waals surface area contributed by atoms with Gasteiger partial charge in [-0.2, -0.15) is 0 Å². The number of hydrogen-bond acceptors (Lipinski definition) is 6. The van der Waals surface area contributed by atoms with Crippen molar-refractivity contribution < 1.29 is 32.2 Å². The number of ether oxygens (including phenoxy) is 3. The van der Waals surface area contributed by atoms with Crippen LogP contribution in [0.4, 0.5) is 19.0 Å². The molecule has 220 valence electrons. The van der Waals surface area contributed by atoms with E-state index >= 15 is 0 Å². The van der Waals surface area contributed by atoms with Crippen LogP contribution in [0.3, 0.4) is 0 Å². The summed E-state index contributed by atoms with van der Waals surface area (Å²) in [7, 11) is 2.96. The molecule has 2 unspecified atom stereocenters. The Morgan fingerprint density at radius 1 is 1.15 bits per heavy atom. The highest BCUT2D eigenvalue weighted by molar-refractivity contribution is 6.34. The molecule has 1 N–H and O–H groups in total. The minimum absolute atomic E-state index is 0.106. The maximum Gasteiger partial charge on any atom is 0.278 e. The summed E-state index contributed by atoms with van der Waals surface area (Å²) in [5.74, 6) is -5.08. The Balaban J connectivity index is 1.65. The monoisotopic (exact) mass is 611 g/mol. The van der Waals surface area contributed by atoms with E-state index in [9.17, 15) is 18.0 Å². The topological polar surface area (TPSA) is 76.2 Å². The molecule has 1 aromatic heterocycles. The van der Waals surface area contributed by atoms with Gasteiger partial charge in [0.2, 0.25) is 0 Å². The lowest BCUT2D eigenvalue weighted by Gasteiger charge is -2.22. The van der Waals surface area contributed by atoms with E-state index < -0.39 is 24.3 Å². The lowest BCUT2D eigenvalue weighted by Crippen LogP contribution is -2.38. The van der Waals surface area contributed by atoms with Crippen LogP contribution in [0.15, 0.2) is 48.7 Å². The van der Waals surface area contributed by atoms with Crippen LogP contribution in [-0.2, 0) is 9.47 Å². The number of nitrogens with one attached hydrogen (secondary N) is 1. The SMILES string of the molecule is COC(C)(C)CNC1OC1c1ccc(Cl)c(-c2cnc(N(C)C(=O)c3c(F)cccc3Cl)c(OCC(C)(F)F)c2)c1. The van der Waals surface area contributed by atoms with Gasteiger partial charge in [0, 0.05) is 50.0 Å². The zero-order chi connectivity index (χ0) is 30.1. The van der Waals surface area contributed by atoms with Crippen LogP contribution in [0.5, 0.6) is 5.75 Å². The Bertz CT molecular complexity index is 1410. The Labute approximate surface area is 246 Å². The second kappa shape index (κ2) is 12.1. The molecule has 0 saturated carbocycles. The van der Waals surface area contributed by atoms with E-state index in [1.165, 1.54) is 31.4 Å². The van der Waals surface area contributed by atoms with Gasteiger partial charge in [0.1, 0.15) is 18.1 Å². The molecule has 4 rings (SSSR count). The van der Waals surface area contributed by atoms with Gasteiger partial charge < -0.3 is 14.2 Å². The van der Waals surface area contributed by atoms with Crippen LogP contribution < -0.4 is 15.0 Å². The van der Waals surface area contributed by atoms with Crippen LogP contribution in [0.2, 0.25) is 10.0 Å². The zero-order valence-corrected chi connectivity index (χ0v) is 24.6. The number of carbonyl (C=O) groups is 1. The van der Waals surface area contributed by atoms with E-state index in [4.69, 9.17) is 37.4 Å². The van der Waals surface area contributed by atoms with Crippen LogP contribution in [0.25, 0.3) is 11.1 Å². The molecule has 0 radical (unpaired) electrons. The van der Waals surface area contributed by atoms with Crippen molar-refractivity contribution in [1.29, 1.82) is 0 Å². The van der Waals surface area contributed by atoms with Crippen molar-refractivity contribution in [3.05, 3.63) is 75.7 Å². The van der Waals surface area contributed by atoms with Crippen molar-refractivity contribution in [2.75, 3.05) is 32.2 Å². The van der Waals surface area contributed by atoms with Gasteiger partial charge in [-0.3, -0.25) is 15.0 Å². The van der Waals surface area contributed by atoms with Gasteiger partial charge in [0.05, 0.1) is 16.2 Å². The first-order valence-corrected chi connectivity index (χ1v) is 13.4. The highest BCUT2D eigenvalue weighted by Gasteiger charge is 2.41. The number of rotatable bonds is 11. The number of epoxide rings is 1. The molecular formula is C29H30Cl2F3N3O4. The van der Waals surface area contributed by atoms with Crippen molar-refractivity contribution in [3.8, 4) is 16.9 Å². The van der Waals surface area contributed by atoms with Crippen molar-refractivity contribution >= 4 is 34.9 Å². The fourth-order valence-electron chi connectivity index (χ4n) is 3.99. The van der Waals surface area contributed by atoms with E-state index in [1.807, 2.05) is 26.0 Å². The van der Waals surface area contributed by atoms with E-state index in [0.717, 1.165) is 16.5 Å². The minimum Gasteiger partial charge on any atom is -0.483 e. The summed E-state index contributed by atoms with van der Waals surface area (Å²) in [4.78, 5) is 18.5. The predicted octanol–water partition coefficient (Wildman–Crippen LogP) is 6.92. The average Bonchev–Trinajstić information content (AvgIpc) is 3.70. The minimum atomic E-state index is -3.18. The number of aromatic nitrogens is 1. The summed E-state index contributed by atoms with van der Waals surface area (Å²) in [6, 6.07) is 10.6. The molecule has 2 heterocycles. The van der Waals surface area contributed by atoms with Gasteiger partial charge in [0.25, 0.3) is 11.8 Å². The Kier molecular flexibility index (Phi) is 9.20. The maximum atomic E-state index is 14.5. The summed E-state index contributed by atoms with van der Waals surface area (Å²) in [5, 5.41) is 3.58. The first kappa shape index (κ1) is 31.1. The molecular weight excluding hydrogens is 582 g/mol. The molecule has 1 aliphatic heterocycles. The molecule has 1 aliphatic rings. The first-order valence-electron chi connectivity index (χ1n) is 12.7. The predicted molar refractivity (Wildman–Crippen MR) is 152 cm³/mol. The van der Waals surface area contributed by atoms with Crippen molar-refractivity contribution in [3.63, 3.8) is 0 Å². The number of nitrogens with zero attached hydrogens (tertiary/aromatic N) is 2. The Hall–Kier alpha value is -2.89. The van der Waals surface area contributed by atoms with Gasteiger partial charge in [-0.25, -0.2) is 18.2 Å². The number of anilines is 1. The third-order valence-corrected chi connectivity index (χ3v) is 7.16. The number of amides is 1. The number of pyridine rings is 1. The van der Waals surface area contributed by atoms with E-state index in [2.05, 4.69) is 10.3 Å². The van der Waals surface area contributed by atoms with Crippen LogP contribution in [0.1, 0.15) is 42.8 Å². The second-order valence-corrected chi connectivity index (χ2v) is 11.2. The molecule has 0 aliphatic carbocycles. The van der Waals surface area contributed by atoms with E-state index in [0.29, 0.717) is 29.6 Å². The first-order chi connectivity index (χ1) is 19.2. The summed E-state index contributed by atoms with van der Waals surface area (Å²) in [5.41, 5.74) is 1.09. The summed E-state index contributed by atoms with van der Waals surface area (Å²) in [6.07, 6.45) is 0.985. The number of hydrogen-bond donors (Lipinski definition) is 1. The molecule has 7 nitrogen and oxygen atoms in total. The number of methoxy groups -OCH3 is 1. The molecule has 2 aromatic carbocycles. The normalized spacial score (nSPS) is 16.9. The van der Waals surface area contributed by atoms with Crippen molar-refractivity contribution in [2.45, 2.75) is 44.6 Å². The molecule has 1 saturated heterocycles. The van der Waals surface area contributed by atoms with E-state index in [1.54, 1.807) is 13.2 Å². The molecule has 1 fully saturated rings. The Morgan fingerprint density at radius 3 is 2.54 bits per heavy atom. The lowest BCUT2D eigenvalue weighted by atomic mass is 10.0. The number of alkyl halides is 2. The quantitative estimate of drug-likeness (QED) is 0.237. The van der Waals surface area contributed by atoms with Gasteiger partial charge >= 0.3 is 0 Å². The summed E-state index contributed by atoms with van der Waals surface area (Å²) < 4.78 is 58.6. The van der Waals surface area contributed by atoms with Crippen molar-refractivity contribution in [2.24, 2.45) is 0 Å². The fourth-order valence-corrected chi connectivity index (χ4v) is 4.46. The standard InChI is InChI=1S/C29H30Cl2F3N3O4/c1-28(2,39-5)14-36-26-24(41-26)16-9-10-19(30)18(11-16)17-12-22(40-15-29(3,33)34)25(35-13-17)37(4)27(38)23-20(31)7-6-8-21(23)32/h6-13,24,26,36H,14-15H2,1-5H3. The summed E-state index contributed by atoms with van der Waals surface area (Å²) >= 11 is 12.6. The molecule has 12 heteroatoms. The average molecular weight is 612 g/mol. The number of carbonyl (C=O) groups excluding carboxylic acids is 1. The Morgan fingerprint density at radius 2 is 1.88 bits per heavy atom. The molecule has 41 heavy (non-hydrogen) atoms. The highest BCUT2D eigenvalue weighted by atomic mass is 35.5. The molecule has 0 bridgehead atoms. The molecule has 3 aromatic rings. The largest absolute Gasteiger partial charge is 0.483 e. The number of halogens is 5. The maximum absolute atomic E-state index is 14.5. The zero-order valence-electron chi connectivity index (χ0n) is 23.1. The third-order valence-electron chi connectivity index (χ3n) is 6.52. The third kappa shape index (κ3) is 7.50. The second-order valence-electron chi connectivity index (χ2n) is 10.4. The fraction of sp³-hybridized carbons (Fsp3) is 0.379. The number of benzene rings is 2. The highest BCUT2D eigenvalue weighted by Crippen LogP contribution is 2.41. The molecule has 2 atom stereocenters. The van der Waals surface area contributed by atoms with Crippen LogP contribution in [0, 0.1) is 5.82 Å². The van der Waals surface area contributed by atoms with Gasteiger partial charge in [-0.05, 0) is 49.7 Å². The van der Waals surface area contributed by atoms with Crippen LogP contribution >= 0.6 is 23.2 Å². The van der Waals surface area contributed by atoms with Gasteiger partial charge in [0.15, 0.2) is 18.2 Å². The summed E-state index contributed by atoms with van der Waals surface area (Å²) in [6.45, 7) is 4.20.